The van der Waals surface area contributed by atoms with Gasteiger partial charge in [-0.15, -0.1) is 0 Å². The lowest BCUT2D eigenvalue weighted by Gasteiger charge is -2.10. The largest absolute Gasteiger partial charge is 0.481 e. The summed E-state index contributed by atoms with van der Waals surface area (Å²) < 4.78 is 10.4. The van der Waals surface area contributed by atoms with E-state index in [-0.39, 0.29) is 35.8 Å². The van der Waals surface area contributed by atoms with Gasteiger partial charge in [0.05, 0.1) is 32.3 Å². The number of nitro groups is 1. The summed E-state index contributed by atoms with van der Waals surface area (Å²) in [6.07, 6.45) is 0. The van der Waals surface area contributed by atoms with Gasteiger partial charge in [0.25, 0.3) is 0 Å². The molecule has 0 aliphatic heterocycles. The number of rotatable bonds is 6. The van der Waals surface area contributed by atoms with Crippen molar-refractivity contribution in [3.05, 3.63) is 43.5 Å². The van der Waals surface area contributed by atoms with E-state index in [2.05, 4.69) is 6.58 Å². The Morgan fingerprint density at radius 3 is 2.76 bits per heavy atom. The van der Waals surface area contributed by atoms with Crippen LogP contribution in [-0.4, -0.2) is 24.1 Å². The zero-order valence-corrected chi connectivity index (χ0v) is 13.2. The van der Waals surface area contributed by atoms with Crippen molar-refractivity contribution < 1.29 is 19.2 Å². The van der Waals surface area contributed by atoms with Crippen molar-refractivity contribution in [2.24, 2.45) is 0 Å². The van der Waals surface area contributed by atoms with E-state index >= 15 is 0 Å². The highest BCUT2D eigenvalue weighted by atomic mass is 127. The van der Waals surface area contributed by atoms with Crippen molar-refractivity contribution in [3.8, 4) is 11.8 Å². The van der Waals surface area contributed by atoms with Crippen LogP contribution in [0.3, 0.4) is 0 Å². The molecule has 0 amide bonds. The summed E-state index contributed by atoms with van der Waals surface area (Å²) in [5.74, 6) is -0.631. The molecular weight excluding hydrogens is 391 g/mol. The third kappa shape index (κ3) is 4.42. The standard InChI is InChI=1S/C13H11IN2O5/c1-3-20-13(17)8(2)7-21-12-10(14)4-9(6-15)5-11(12)16(18)19/h4-5H,2-3,7H2,1H3. The van der Waals surface area contributed by atoms with Crippen LogP contribution >= 0.6 is 22.6 Å². The molecule has 0 saturated heterocycles. The Morgan fingerprint density at radius 1 is 1.57 bits per heavy atom. The van der Waals surface area contributed by atoms with Crippen LogP contribution in [0, 0.1) is 25.0 Å². The van der Waals surface area contributed by atoms with Crippen molar-refractivity contribution in [1.82, 2.24) is 0 Å². The summed E-state index contributed by atoms with van der Waals surface area (Å²) in [4.78, 5) is 21.8. The number of ether oxygens (including phenoxy) is 2. The Hall–Kier alpha value is -2.15. The second-order valence-electron chi connectivity index (χ2n) is 3.79. The van der Waals surface area contributed by atoms with E-state index in [4.69, 9.17) is 14.7 Å². The molecule has 1 aromatic carbocycles. The molecular formula is C13H11IN2O5. The summed E-state index contributed by atoms with van der Waals surface area (Å²) in [6.45, 7) is 5.12. The topological polar surface area (TPSA) is 102 Å². The van der Waals surface area contributed by atoms with Gasteiger partial charge in [0.2, 0.25) is 5.75 Å². The molecule has 0 aliphatic rings. The number of nitriles is 1. The summed E-state index contributed by atoms with van der Waals surface area (Å²) in [6, 6.07) is 4.40. The first-order valence-corrected chi connectivity index (χ1v) is 6.84. The zero-order chi connectivity index (χ0) is 16.0. The first-order valence-electron chi connectivity index (χ1n) is 5.76. The van der Waals surface area contributed by atoms with E-state index in [1.54, 1.807) is 6.92 Å². The van der Waals surface area contributed by atoms with E-state index < -0.39 is 10.9 Å². The normalized spacial score (nSPS) is 9.57. The van der Waals surface area contributed by atoms with E-state index in [1.807, 2.05) is 28.7 Å². The Kier molecular flexibility index (Phi) is 6.10. The molecule has 0 fully saturated rings. The average molecular weight is 402 g/mol. The fourth-order valence-electron chi connectivity index (χ4n) is 1.37. The van der Waals surface area contributed by atoms with Gasteiger partial charge in [0.1, 0.15) is 6.61 Å². The van der Waals surface area contributed by atoms with Crippen LogP contribution in [0.2, 0.25) is 0 Å². The number of hydrogen-bond acceptors (Lipinski definition) is 6. The predicted molar refractivity (Wildman–Crippen MR) is 81.8 cm³/mol. The minimum absolute atomic E-state index is 0.00921. The monoisotopic (exact) mass is 402 g/mol. The van der Waals surface area contributed by atoms with Crippen LogP contribution in [-0.2, 0) is 9.53 Å². The first kappa shape index (κ1) is 16.9. The SMILES string of the molecule is C=C(COc1c(I)cc(C#N)cc1[N+](=O)[O-])C(=O)OCC. The van der Waals surface area contributed by atoms with Crippen molar-refractivity contribution in [1.29, 1.82) is 5.26 Å². The number of benzene rings is 1. The molecule has 1 aromatic rings. The van der Waals surface area contributed by atoms with Gasteiger partial charge in [-0.1, -0.05) is 6.58 Å². The van der Waals surface area contributed by atoms with Gasteiger partial charge in [-0.3, -0.25) is 10.1 Å². The molecule has 7 nitrogen and oxygen atoms in total. The predicted octanol–water partition coefficient (Wildman–Crippen LogP) is 2.57. The van der Waals surface area contributed by atoms with E-state index in [0.717, 1.165) is 6.07 Å². The van der Waals surface area contributed by atoms with Crippen LogP contribution in [0.4, 0.5) is 5.69 Å². The Balaban J connectivity index is 2.98. The number of esters is 1. The molecule has 0 aromatic heterocycles. The van der Waals surface area contributed by atoms with Crippen molar-refractivity contribution in [3.63, 3.8) is 0 Å². The molecule has 0 radical (unpaired) electrons. The second kappa shape index (κ2) is 7.58. The van der Waals surface area contributed by atoms with E-state index in [9.17, 15) is 14.9 Å². The van der Waals surface area contributed by atoms with Crippen molar-refractivity contribution >= 4 is 34.2 Å². The highest BCUT2D eigenvalue weighted by Gasteiger charge is 2.21. The number of nitro benzene ring substituents is 1. The maximum atomic E-state index is 11.4. The fraction of sp³-hybridized carbons (Fsp3) is 0.231. The van der Waals surface area contributed by atoms with Gasteiger partial charge in [-0.05, 0) is 35.6 Å². The minimum Gasteiger partial charge on any atom is -0.481 e. The molecule has 0 N–H and O–H groups in total. The van der Waals surface area contributed by atoms with Crippen molar-refractivity contribution in [2.45, 2.75) is 6.92 Å². The molecule has 1 rings (SSSR count). The summed E-state index contributed by atoms with van der Waals surface area (Å²) in [5.41, 5.74) is -0.135. The minimum atomic E-state index is -0.647. The Bertz CT molecular complexity index is 636. The number of hydrogen-bond donors (Lipinski definition) is 0. The van der Waals surface area contributed by atoms with Gasteiger partial charge in [0, 0.05) is 6.07 Å². The molecule has 21 heavy (non-hydrogen) atoms. The van der Waals surface area contributed by atoms with Crippen LogP contribution in [0.1, 0.15) is 12.5 Å². The van der Waals surface area contributed by atoms with Crippen molar-refractivity contribution in [2.75, 3.05) is 13.2 Å². The second-order valence-corrected chi connectivity index (χ2v) is 4.95. The lowest BCUT2D eigenvalue weighted by molar-refractivity contribution is -0.385. The van der Waals surface area contributed by atoms with E-state index in [0.29, 0.717) is 3.57 Å². The number of halogens is 1. The first-order chi connectivity index (χ1) is 9.90. The third-order valence-electron chi connectivity index (χ3n) is 2.30. The molecule has 0 spiro atoms. The van der Waals surface area contributed by atoms with Crippen LogP contribution in [0.25, 0.3) is 0 Å². The third-order valence-corrected chi connectivity index (χ3v) is 3.11. The quantitative estimate of drug-likeness (QED) is 0.238. The highest BCUT2D eigenvalue weighted by molar-refractivity contribution is 14.1. The van der Waals surface area contributed by atoms with Gasteiger partial charge < -0.3 is 9.47 Å². The van der Waals surface area contributed by atoms with Crippen LogP contribution in [0.15, 0.2) is 24.3 Å². The zero-order valence-electron chi connectivity index (χ0n) is 11.1. The average Bonchev–Trinajstić information content (AvgIpc) is 2.44. The Labute approximate surface area is 134 Å². The lowest BCUT2D eigenvalue weighted by atomic mass is 10.2. The maximum absolute atomic E-state index is 11.4. The summed E-state index contributed by atoms with van der Waals surface area (Å²) >= 11 is 1.82. The molecule has 110 valence electrons. The highest BCUT2D eigenvalue weighted by Crippen LogP contribution is 2.33. The lowest BCUT2D eigenvalue weighted by Crippen LogP contribution is -2.14. The molecule has 0 saturated carbocycles. The number of carbonyl (C=O) groups is 1. The fourth-order valence-corrected chi connectivity index (χ4v) is 2.14. The van der Waals surface area contributed by atoms with Gasteiger partial charge >= 0.3 is 11.7 Å². The molecule has 0 heterocycles. The van der Waals surface area contributed by atoms with Gasteiger partial charge in [-0.2, -0.15) is 5.26 Å². The smallest absolute Gasteiger partial charge is 0.336 e. The molecule has 0 atom stereocenters. The Morgan fingerprint density at radius 2 is 2.24 bits per heavy atom. The molecule has 8 heteroatoms. The molecule has 0 unspecified atom stereocenters. The molecule has 0 bridgehead atoms. The maximum Gasteiger partial charge on any atom is 0.336 e. The molecule has 0 aliphatic carbocycles. The van der Waals surface area contributed by atoms with Gasteiger partial charge in [-0.25, -0.2) is 4.79 Å². The van der Waals surface area contributed by atoms with Crippen LogP contribution < -0.4 is 4.74 Å². The van der Waals surface area contributed by atoms with Crippen LogP contribution in [0.5, 0.6) is 5.75 Å². The summed E-state index contributed by atoms with van der Waals surface area (Å²) in [7, 11) is 0. The number of carbonyl (C=O) groups excluding carboxylic acids is 1. The van der Waals surface area contributed by atoms with Gasteiger partial charge in [0.15, 0.2) is 0 Å². The summed E-state index contributed by atoms with van der Waals surface area (Å²) in [5, 5.41) is 19.8. The van der Waals surface area contributed by atoms with E-state index in [1.165, 1.54) is 6.07 Å². The number of nitrogens with zero attached hydrogens (tertiary/aromatic N) is 2.